The molecule has 0 atom stereocenters. The van der Waals surface area contributed by atoms with Crippen LogP contribution in [-0.2, 0) is 10.0 Å². The molecule has 3 aromatic carbocycles. The molecule has 0 aliphatic heterocycles. The third-order valence-electron chi connectivity index (χ3n) is 4.23. The molecule has 30 heavy (non-hydrogen) atoms. The van der Waals surface area contributed by atoms with Gasteiger partial charge in [-0.25, -0.2) is 18.1 Å². The number of aromatic nitrogens is 1. The van der Waals surface area contributed by atoms with Crippen molar-refractivity contribution in [1.82, 2.24) is 4.98 Å². The first kappa shape index (κ1) is 19.2. The number of para-hydroxylation sites is 1. The first-order chi connectivity index (χ1) is 14.6. The van der Waals surface area contributed by atoms with Crippen molar-refractivity contribution in [3.05, 3.63) is 90.8 Å². The maximum Gasteiger partial charge on any atom is 0.308 e. The molecule has 0 unspecified atom stereocenters. The highest BCUT2D eigenvalue weighted by molar-refractivity contribution is 7.92. The highest BCUT2D eigenvalue weighted by Crippen LogP contribution is 2.35. The largest absolute Gasteiger partial charge is 0.455 e. The molecule has 0 radical (unpaired) electrons. The molecule has 0 saturated carbocycles. The van der Waals surface area contributed by atoms with E-state index in [2.05, 4.69) is 9.71 Å². The van der Waals surface area contributed by atoms with Crippen molar-refractivity contribution in [1.29, 1.82) is 5.26 Å². The van der Waals surface area contributed by atoms with Gasteiger partial charge < -0.3 is 9.15 Å². The standard InChI is InChI=1S/C22H15N3O4S/c23-15-17-14-18(30(26,27)25-22-24-12-13-28-22)10-11-20(17)29-21-9-5-4-8-19(21)16-6-2-1-3-7-16/h1-14H,(H,24,25). The number of nitriles is 1. The minimum Gasteiger partial charge on any atom is -0.455 e. The van der Waals surface area contributed by atoms with Crippen LogP contribution in [0.25, 0.3) is 11.1 Å². The Hall–Kier alpha value is -4.09. The van der Waals surface area contributed by atoms with E-state index in [1.54, 1.807) is 6.07 Å². The quantitative estimate of drug-likeness (QED) is 0.483. The van der Waals surface area contributed by atoms with Crippen LogP contribution in [0.2, 0.25) is 0 Å². The van der Waals surface area contributed by atoms with E-state index in [-0.39, 0.29) is 22.2 Å². The summed E-state index contributed by atoms with van der Waals surface area (Å²) in [7, 11) is -3.97. The molecule has 148 valence electrons. The van der Waals surface area contributed by atoms with E-state index in [4.69, 9.17) is 9.15 Å². The molecule has 1 heterocycles. The summed E-state index contributed by atoms with van der Waals surface area (Å²) in [6.45, 7) is 0. The Morgan fingerprint density at radius 3 is 2.47 bits per heavy atom. The summed E-state index contributed by atoms with van der Waals surface area (Å²) in [5, 5.41) is 9.55. The van der Waals surface area contributed by atoms with Crippen LogP contribution < -0.4 is 9.46 Å². The third-order valence-corrected chi connectivity index (χ3v) is 5.55. The lowest BCUT2D eigenvalue weighted by Gasteiger charge is -2.13. The van der Waals surface area contributed by atoms with Crippen LogP contribution in [0.1, 0.15) is 5.56 Å². The topological polar surface area (TPSA) is 105 Å². The van der Waals surface area contributed by atoms with Crippen molar-refractivity contribution in [3.8, 4) is 28.7 Å². The zero-order chi connectivity index (χ0) is 21.0. The summed E-state index contributed by atoms with van der Waals surface area (Å²) in [4.78, 5) is 3.62. The number of hydrogen-bond donors (Lipinski definition) is 1. The number of hydrogen-bond acceptors (Lipinski definition) is 6. The van der Waals surface area contributed by atoms with Crippen molar-refractivity contribution in [2.24, 2.45) is 0 Å². The Kier molecular flexibility index (Phi) is 5.20. The molecule has 0 fully saturated rings. The van der Waals surface area contributed by atoms with Gasteiger partial charge in [0.2, 0.25) is 0 Å². The molecule has 0 aliphatic carbocycles. The van der Waals surface area contributed by atoms with Gasteiger partial charge in [0.1, 0.15) is 23.8 Å². The van der Waals surface area contributed by atoms with Gasteiger partial charge in [0.25, 0.3) is 10.0 Å². The number of nitrogens with zero attached hydrogens (tertiary/aromatic N) is 2. The Bertz CT molecular complexity index is 1310. The Morgan fingerprint density at radius 2 is 1.73 bits per heavy atom. The monoisotopic (exact) mass is 417 g/mol. The number of ether oxygens (including phenoxy) is 1. The fourth-order valence-electron chi connectivity index (χ4n) is 2.83. The lowest BCUT2D eigenvalue weighted by molar-refractivity contribution is 0.482. The molecule has 7 nitrogen and oxygen atoms in total. The first-order valence-corrected chi connectivity index (χ1v) is 10.3. The van der Waals surface area contributed by atoms with Crippen molar-refractivity contribution in [3.63, 3.8) is 0 Å². The van der Waals surface area contributed by atoms with E-state index in [1.165, 1.54) is 30.7 Å². The van der Waals surface area contributed by atoms with Gasteiger partial charge in [-0.05, 0) is 29.8 Å². The summed E-state index contributed by atoms with van der Waals surface area (Å²) in [6.07, 6.45) is 2.57. The molecular formula is C22H15N3O4S. The molecule has 1 aromatic heterocycles. The minimum absolute atomic E-state index is 0.0770. The molecular weight excluding hydrogens is 402 g/mol. The van der Waals surface area contributed by atoms with Crippen molar-refractivity contribution in [2.75, 3.05) is 4.72 Å². The average Bonchev–Trinajstić information content (AvgIpc) is 3.27. The Morgan fingerprint density at radius 1 is 0.967 bits per heavy atom. The molecule has 0 amide bonds. The van der Waals surface area contributed by atoms with Gasteiger partial charge in [0, 0.05) is 5.56 Å². The van der Waals surface area contributed by atoms with Crippen LogP contribution >= 0.6 is 0 Å². The maximum atomic E-state index is 12.5. The predicted molar refractivity (Wildman–Crippen MR) is 110 cm³/mol. The minimum atomic E-state index is -3.97. The highest BCUT2D eigenvalue weighted by Gasteiger charge is 2.19. The lowest BCUT2D eigenvalue weighted by atomic mass is 10.0. The van der Waals surface area contributed by atoms with Gasteiger partial charge in [-0.15, -0.1) is 0 Å². The van der Waals surface area contributed by atoms with E-state index in [1.807, 2.05) is 54.6 Å². The SMILES string of the molecule is N#Cc1cc(S(=O)(=O)Nc2ncco2)ccc1Oc1ccccc1-c1ccccc1. The second kappa shape index (κ2) is 8.11. The van der Waals surface area contributed by atoms with Crippen LogP contribution in [-0.4, -0.2) is 13.4 Å². The number of benzene rings is 3. The average molecular weight is 417 g/mol. The van der Waals surface area contributed by atoms with Gasteiger partial charge in [-0.1, -0.05) is 48.5 Å². The van der Waals surface area contributed by atoms with Gasteiger partial charge >= 0.3 is 6.01 Å². The fraction of sp³-hybridized carbons (Fsp3) is 0. The normalized spacial score (nSPS) is 10.9. The number of sulfonamides is 1. The molecule has 1 N–H and O–H groups in total. The number of oxazole rings is 1. The van der Waals surface area contributed by atoms with Crippen LogP contribution in [0.15, 0.2) is 94.6 Å². The summed E-state index contributed by atoms with van der Waals surface area (Å²) in [5.74, 6) is 0.796. The zero-order valence-electron chi connectivity index (χ0n) is 15.5. The molecule has 4 rings (SSSR count). The van der Waals surface area contributed by atoms with E-state index < -0.39 is 10.0 Å². The van der Waals surface area contributed by atoms with Crippen LogP contribution in [0.3, 0.4) is 0 Å². The maximum absolute atomic E-state index is 12.5. The van der Waals surface area contributed by atoms with Crippen molar-refractivity contribution >= 4 is 16.0 Å². The van der Waals surface area contributed by atoms with E-state index in [0.717, 1.165) is 11.1 Å². The van der Waals surface area contributed by atoms with E-state index in [9.17, 15) is 13.7 Å². The number of anilines is 1. The highest BCUT2D eigenvalue weighted by atomic mass is 32.2. The molecule has 0 saturated heterocycles. The lowest BCUT2D eigenvalue weighted by Crippen LogP contribution is -2.13. The Labute approximate surface area is 173 Å². The summed E-state index contributed by atoms with van der Waals surface area (Å²) in [5.41, 5.74) is 1.89. The van der Waals surface area contributed by atoms with Crippen LogP contribution in [0.5, 0.6) is 11.5 Å². The smallest absolute Gasteiger partial charge is 0.308 e. The van der Waals surface area contributed by atoms with Gasteiger partial charge in [0.15, 0.2) is 0 Å². The van der Waals surface area contributed by atoms with Crippen LogP contribution in [0.4, 0.5) is 6.01 Å². The molecule has 8 heteroatoms. The summed E-state index contributed by atoms with van der Waals surface area (Å²) in [6, 6.07) is 23.0. The molecule has 0 bridgehead atoms. The first-order valence-electron chi connectivity index (χ1n) is 8.85. The van der Waals surface area contributed by atoms with Crippen molar-refractivity contribution in [2.45, 2.75) is 4.90 Å². The van der Waals surface area contributed by atoms with Crippen LogP contribution in [0, 0.1) is 11.3 Å². The van der Waals surface area contributed by atoms with Gasteiger partial charge in [0.05, 0.1) is 16.7 Å². The van der Waals surface area contributed by atoms with Gasteiger partial charge in [-0.3, -0.25) is 0 Å². The Balaban J connectivity index is 1.67. The van der Waals surface area contributed by atoms with Gasteiger partial charge in [-0.2, -0.15) is 5.26 Å². The zero-order valence-corrected chi connectivity index (χ0v) is 16.3. The third kappa shape index (κ3) is 4.01. The van der Waals surface area contributed by atoms with E-state index >= 15 is 0 Å². The summed E-state index contributed by atoms with van der Waals surface area (Å²) >= 11 is 0. The molecule has 4 aromatic rings. The predicted octanol–water partition coefficient (Wildman–Crippen LogP) is 4.81. The second-order valence-corrected chi connectivity index (χ2v) is 7.86. The molecule has 0 spiro atoms. The fourth-order valence-corrected chi connectivity index (χ4v) is 3.80. The number of nitrogens with one attached hydrogen (secondary N) is 1. The summed E-state index contributed by atoms with van der Waals surface area (Å²) < 4.78 is 38.1. The molecule has 0 aliphatic rings. The number of rotatable bonds is 6. The second-order valence-electron chi connectivity index (χ2n) is 6.18. The van der Waals surface area contributed by atoms with E-state index in [0.29, 0.717) is 5.75 Å². The van der Waals surface area contributed by atoms with Crippen molar-refractivity contribution < 1.29 is 17.6 Å².